The number of unbranched alkanes of at least 4 members (excludes halogenated alkanes) is 1. The molecule has 6 heteroatoms. The summed E-state index contributed by atoms with van der Waals surface area (Å²) in [6.07, 6.45) is 1.67. The van der Waals surface area contributed by atoms with Gasteiger partial charge in [-0.05, 0) is 42.1 Å². The molecule has 0 N–H and O–H groups in total. The first kappa shape index (κ1) is 17.7. The maximum Gasteiger partial charge on any atom is 0.352 e. The van der Waals surface area contributed by atoms with Gasteiger partial charge in [-0.3, -0.25) is 13.9 Å². The second-order valence-electron chi connectivity index (χ2n) is 6.46. The van der Waals surface area contributed by atoms with E-state index in [4.69, 9.17) is 0 Å². The van der Waals surface area contributed by atoms with Crippen LogP contribution in [0.25, 0.3) is 28.0 Å². The molecule has 0 bridgehead atoms. The molecule has 0 amide bonds. The van der Waals surface area contributed by atoms with Crippen LogP contribution in [0, 0.1) is 0 Å². The van der Waals surface area contributed by atoms with Gasteiger partial charge in [-0.25, -0.2) is 4.79 Å². The molecular weight excluding hydrogens is 406 g/mol. The van der Waals surface area contributed by atoms with Gasteiger partial charge < -0.3 is 0 Å². The van der Waals surface area contributed by atoms with Crippen LogP contribution in [-0.4, -0.2) is 14.1 Å². The van der Waals surface area contributed by atoms with Gasteiger partial charge in [0.1, 0.15) is 0 Å². The van der Waals surface area contributed by atoms with Crippen molar-refractivity contribution in [2.45, 2.75) is 26.3 Å². The largest absolute Gasteiger partial charge is 0.352 e. The average molecular weight is 424 g/mol. The zero-order valence-electron chi connectivity index (χ0n) is 14.9. The minimum atomic E-state index is -0.500. The Bertz CT molecular complexity index is 1230. The third kappa shape index (κ3) is 3.10. The Labute approximate surface area is 164 Å². The minimum Gasteiger partial charge on any atom is -0.294 e. The number of halogens is 1. The van der Waals surface area contributed by atoms with E-state index in [9.17, 15) is 9.59 Å². The number of nitrogens with zero attached hydrogens (tertiary/aromatic N) is 3. The number of hydrogen-bond acceptors (Lipinski definition) is 3. The summed E-state index contributed by atoms with van der Waals surface area (Å²) in [4.78, 5) is 29.9. The van der Waals surface area contributed by atoms with E-state index in [1.54, 1.807) is 0 Å². The molecule has 0 atom stereocenters. The van der Waals surface area contributed by atoms with Crippen LogP contribution in [0.15, 0.2) is 68.7 Å². The van der Waals surface area contributed by atoms with E-state index in [1.165, 1.54) is 4.57 Å². The van der Waals surface area contributed by atoms with Crippen molar-refractivity contribution in [1.82, 2.24) is 14.1 Å². The number of pyridine rings is 1. The van der Waals surface area contributed by atoms with Crippen LogP contribution in [0.2, 0.25) is 0 Å². The zero-order valence-corrected chi connectivity index (χ0v) is 16.4. The number of fused-ring (bicyclic) bond motifs is 2. The van der Waals surface area contributed by atoms with Crippen LogP contribution in [0.3, 0.4) is 0 Å². The lowest BCUT2D eigenvalue weighted by atomic mass is 10.1. The Morgan fingerprint density at radius 1 is 1.04 bits per heavy atom. The van der Waals surface area contributed by atoms with Gasteiger partial charge in [0.2, 0.25) is 0 Å². The Balaban J connectivity index is 2.14. The van der Waals surface area contributed by atoms with E-state index in [1.807, 2.05) is 66.1 Å². The van der Waals surface area contributed by atoms with Gasteiger partial charge in [-0.15, -0.1) is 0 Å². The van der Waals surface area contributed by atoms with Crippen LogP contribution in [0.1, 0.15) is 19.8 Å². The molecule has 0 radical (unpaired) electrons. The maximum atomic E-state index is 13.0. The third-order valence-corrected chi connectivity index (χ3v) is 5.13. The first-order valence-electron chi connectivity index (χ1n) is 8.91. The van der Waals surface area contributed by atoms with Crippen molar-refractivity contribution < 1.29 is 0 Å². The first-order valence-corrected chi connectivity index (χ1v) is 9.70. The summed E-state index contributed by atoms with van der Waals surface area (Å²) < 4.78 is 4.03. The first-order chi connectivity index (χ1) is 13.1. The molecule has 2 aromatic carbocycles. The number of aromatic nitrogens is 3. The Hall–Kier alpha value is -2.73. The fraction of sp³-hybridized carbons (Fsp3) is 0.190. The van der Waals surface area contributed by atoms with Gasteiger partial charge in [0.05, 0.1) is 11.1 Å². The monoisotopic (exact) mass is 423 g/mol. The molecule has 4 rings (SSSR count). The Morgan fingerprint density at radius 2 is 1.85 bits per heavy atom. The van der Waals surface area contributed by atoms with Crippen molar-refractivity contribution in [3.63, 3.8) is 0 Å². The molecule has 0 aliphatic carbocycles. The average Bonchev–Trinajstić information content (AvgIpc) is 2.66. The highest BCUT2D eigenvalue weighted by Crippen LogP contribution is 2.28. The Morgan fingerprint density at radius 3 is 2.63 bits per heavy atom. The zero-order chi connectivity index (χ0) is 19.0. The molecule has 136 valence electrons. The predicted octanol–water partition coefficient (Wildman–Crippen LogP) is 4.21. The molecular formula is C21H18BrN3O2. The van der Waals surface area contributed by atoms with E-state index in [2.05, 4.69) is 20.9 Å². The lowest BCUT2D eigenvalue weighted by Gasteiger charge is -2.19. The van der Waals surface area contributed by atoms with Gasteiger partial charge in [0.15, 0.2) is 5.82 Å². The lowest BCUT2D eigenvalue weighted by Crippen LogP contribution is -2.38. The molecule has 0 aromatic heterocycles. The van der Waals surface area contributed by atoms with Crippen molar-refractivity contribution in [2.24, 2.45) is 0 Å². The van der Waals surface area contributed by atoms with Crippen molar-refractivity contribution in [1.29, 1.82) is 0 Å². The summed E-state index contributed by atoms with van der Waals surface area (Å²) in [5.41, 5.74) is 1.39. The molecule has 0 spiro atoms. The van der Waals surface area contributed by atoms with E-state index in [-0.39, 0.29) is 5.56 Å². The van der Waals surface area contributed by atoms with Crippen LogP contribution in [0.5, 0.6) is 0 Å². The van der Waals surface area contributed by atoms with Crippen LogP contribution in [0.4, 0.5) is 0 Å². The van der Waals surface area contributed by atoms with Crippen LogP contribution in [-0.2, 0) is 6.54 Å². The SMILES string of the molecule is CCCCn1c(=O)nc2n(-c3cccc(Br)c3)c3ccccc3cc-2c1=O. The molecule has 0 fully saturated rings. The summed E-state index contributed by atoms with van der Waals surface area (Å²) in [5, 5.41) is 0.921. The molecule has 5 nitrogen and oxygen atoms in total. The molecule has 0 unspecified atom stereocenters. The molecule has 2 aliphatic heterocycles. The normalized spacial score (nSPS) is 11.3. The quantitative estimate of drug-likeness (QED) is 0.461. The fourth-order valence-electron chi connectivity index (χ4n) is 3.31. The highest BCUT2D eigenvalue weighted by Gasteiger charge is 2.20. The van der Waals surface area contributed by atoms with Crippen molar-refractivity contribution >= 4 is 26.8 Å². The number of para-hydroxylation sites is 1. The highest BCUT2D eigenvalue weighted by molar-refractivity contribution is 9.10. The summed E-state index contributed by atoms with van der Waals surface area (Å²) in [7, 11) is 0. The smallest absolute Gasteiger partial charge is 0.294 e. The molecule has 2 aliphatic rings. The van der Waals surface area contributed by atoms with Gasteiger partial charge in [0, 0.05) is 16.7 Å². The van der Waals surface area contributed by atoms with Crippen LogP contribution >= 0.6 is 15.9 Å². The highest BCUT2D eigenvalue weighted by atomic mass is 79.9. The standard InChI is InChI=1S/C21H18BrN3O2/c1-2-3-11-24-20(26)17-12-14-7-4-5-10-18(14)25(19(17)23-21(24)27)16-9-6-8-15(22)13-16/h4-10,12-13H,2-3,11H2,1H3. The van der Waals surface area contributed by atoms with Gasteiger partial charge in [-0.2, -0.15) is 4.98 Å². The van der Waals surface area contributed by atoms with E-state index >= 15 is 0 Å². The van der Waals surface area contributed by atoms with E-state index in [0.717, 1.165) is 33.9 Å². The van der Waals surface area contributed by atoms with Crippen molar-refractivity contribution in [2.75, 3.05) is 0 Å². The topological polar surface area (TPSA) is 56.9 Å². The summed E-state index contributed by atoms with van der Waals surface area (Å²) in [6.45, 7) is 2.42. The molecule has 2 heterocycles. The predicted molar refractivity (Wildman–Crippen MR) is 111 cm³/mol. The number of hydrogen-bond donors (Lipinski definition) is 0. The maximum absolute atomic E-state index is 13.0. The minimum absolute atomic E-state index is 0.284. The molecule has 2 aromatic rings. The Kier molecular flexibility index (Phi) is 4.66. The lowest BCUT2D eigenvalue weighted by molar-refractivity contribution is 0.582. The number of benzene rings is 2. The van der Waals surface area contributed by atoms with Crippen molar-refractivity contribution in [3.05, 3.63) is 79.9 Å². The summed E-state index contributed by atoms with van der Waals surface area (Å²) in [5.74, 6) is 0.384. The molecule has 27 heavy (non-hydrogen) atoms. The van der Waals surface area contributed by atoms with Crippen LogP contribution < -0.4 is 11.2 Å². The van der Waals surface area contributed by atoms with E-state index in [0.29, 0.717) is 17.9 Å². The number of rotatable bonds is 4. The summed E-state index contributed by atoms with van der Waals surface area (Å²) in [6, 6.07) is 17.4. The van der Waals surface area contributed by atoms with Gasteiger partial charge in [-0.1, -0.05) is 53.5 Å². The summed E-state index contributed by atoms with van der Waals surface area (Å²) >= 11 is 3.50. The molecule has 0 saturated carbocycles. The van der Waals surface area contributed by atoms with E-state index < -0.39 is 5.69 Å². The fourth-order valence-corrected chi connectivity index (χ4v) is 3.70. The second-order valence-corrected chi connectivity index (χ2v) is 7.38. The van der Waals surface area contributed by atoms with Crippen molar-refractivity contribution in [3.8, 4) is 17.1 Å². The molecule has 0 saturated heterocycles. The van der Waals surface area contributed by atoms with Gasteiger partial charge in [0.25, 0.3) is 5.56 Å². The third-order valence-electron chi connectivity index (χ3n) is 4.64. The van der Waals surface area contributed by atoms with Gasteiger partial charge >= 0.3 is 5.69 Å². The second kappa shape index (κ2) is 7.12.